The molecule has 0 radical (unpaired) electrons. The molecular formula is C20H21ClN4. The number of rotatable bonds is 3. The van der Waals surface area contributed by atoms with E-state index in [9.17, 15) is 0 Å². The number of pyridine rings is 2. The van der Waals surface area contributed by atoms with E-state index in [2.05, 4.69) is 27.0 Å². The zero-order valence-corrected chi connectivity index (χ0v) is 14.7. The molecule has 0 spiro atoms. The molecule has 0 atom stereocenters. The van der Waals surface area contributed by atoms with Gasteiger partial charge >= 0.3 is 0 Å². The lowest BCUT2D eigenvalue weighted by Gasteiger charge is -2.37. The largest absolute Gasteiger partial charge is 0.328 e. The van der Waals surface area contributed by atoms with Gasteiger partial charge in [-0.1, -0.05) is 17.7 Å². The molecule has 1 aliphatic carbocycles. The van der Waals surface area contributed by atoms with E-state index in [1.807, 2.05) is 42.7 Å². The van der Waals surface area contributed by atoms with Crippen LogP contribution in [0.25, 0.3) is 10.9 Å². The summed E-state index contributed by atoms with van der Waals surface area (Å²) in [6.45, 7) is 0. The first-order valence-electron chi connectivity index (χ1n) is 8.72. The van der Waals surface area contributed by atoms with Gasteiger partial charge in [-0.3, -0.25) is 4.98 Å². The van der Waals surface area contributed by atoms with E-state index in [0.29, 0.717) is 17.1 Å². The molecule has 1 fully saturated rings. The van der Waals surface area contributed by atoms with Crippen molar-refractivity contribution in [3.63, 3.8) is 0 Å². The van der Waals surface area contributed by atoms with E-state index in [0.717, 1.165) is 48.1 Å². The topological polar surface area (TPSA) is 55.0 Å². The van der Waals surface area contributed by atoms with Crippen LogP contribution >= 0.6 is 11.6 Å². The Labute approximate surface area is 152 Å². The Kier molecular flexibility index (Phi) is 4.55. The molecule has 1 saturated carbocycles. The number of anilines is 2. The second-order valence-corrected chi connectivity index (χ2v) is 7.05. The predicted octanol–water partition coefficient (Wildman–Crippen LogP) is 4.69. The number of hydrogen-bond donors (Lipinski definition) is 1. The fourth-order valence-corrected chi connectivity index (χ4v) is 3.85. The molecule has 128 valence electrons. The normalized spacial score (nSPS) is 20.6. The molecular weight excluding hydrogens is 332 g/mol. The van der Waals surface area contributed by atoms with E-state index in [1.165, 1.54) is 0 Å². The van der Waals surface area contributed by atoms with Gasteiger partial charge in [0, 0.05) is 34.9 Å². The first kappa shape index (κ1) is 16.3. The minimum atomic E-state index is 0.315. The number of halogens is 1. The molecule has 2 heterocycles. The van der Waals surface area contributed by atoms with E-state index in [1.54, 1.807) is 0 Å². The monoisotopic (exact) mass is 352 g/mol. The molecule has 0 bridgehead atoms. The number of hydrogen-bond acceptors (Lipinski definition) is 4. The molecule has 0 aliphatic heterocycles. The quantitative estimate of drug-likeness (QED) is 0.742. The Bertz CT molecular complexity index is 860. The standard InChI is InChI=1S/C20H21ClN4/c21-14-4-9-17-18(13-14)23-12-10-19(17)25(20-3-1-2-11-24-20)16-7-5-15(22)6-8-16/h1-4,9-13,15-16H,5-8,22H2. The summed E-state index contributed by atoms with van der Waals surface area (Å²) in [5, 5.41) is 1.79. The summed E-state index contributed by atoms with van der Waals surface area (Å²) in [6.07, 6.45) is 7.91. The summed E-state index contributed by atoms with van der Waals surface area (Å²) in [6, 6.07) is 14.7. The molecule has 25 heavy (non-hydrogen) atoms. The zero-order valence-electron chi connectivity index (χ0n) is 14.0. The van der Waals surface area contributed by atoms with E-state index in [4.69, 9.17) is 17.3 Å². The summed E-state index contributed by atoms with van der Waals surface area (Å²) in [5.41, 5.74) is 8.15. The number of benzene rings is 1. The number of nitrogens with two attached hydrogens (primary N) is 1. The molecule has 2 N–H and O–H groups in total. The van der Waals surface area contributed by atoms with Crippen molar-refractivity contribution in [2.45, 2.75) is 37.8 Å². The van der Waals surface area contributed by atoms with Gasteiger partial charge in [-0.05, 0) is 62.1 Å². The Morgan fingerprint density at radius 3 is 2.56 bits per heavy atom. The highest BCUT2D eigenvalue weighted by Crippen LogP contribution is 2.37. The lowest BCUT2D eigenvalue weighted by molar-refractivity contribution is 0.390. The fourth-order valence-electron chi connectivity index (χ4n) is 3.68. The third kappa shape index (κ3) is 3.32. The number of fused-ring (bicyclic) bond motifs is 1. The molecule has 1 aromatic carbocycles. The van der Waals surface area contributed by atoms with Crippen LogP contribution in [0.4, 0.5) is 11.5 Å². The summed E-state index contributed by atoms with van der Waals surface area (Å²) in [5.74, 6) is 0.963. The van der Waals surface area contributed by atoms with Crippen LogP contribution in [0, 0.1) is 0 Å². The molecule has 1 aliphatic rings. The summed E-state index contributed by atoms with van der Waals surface area (Å²) in [7, 11) is 0. The van der Waals surface area contributed by atoms with Gasteiger partial charge in [0.05, 0.1) is 11.2 Å². The maximum absolute atomic E-state index is 6.15. The zero-order chi connectivity index (χ0) is 17.2. The highest BCUT2D eigenvalue weighted by atomic mass is 35.5. The van der Waals surface area contributed by atoms with Crippen molar-refractivity contribution in [2.75, 3.05) is 4.90 Å². The van der Waals surface area contributed by atoms with Gasteiger partial charge in [0.2, 0.25) is 0 Å². The van der Waals surface area contributed by atoms with Crippen LogP contribution in [0.15, 0.2) is 54.9 Å². The van der Waals surface area contributed by atoms with Crippen LogP contribution < -0.4 is 10.6 Å². The lowest BCUT2D eigenvalue weighted by Crippen LogP contribution is -2.38. The van der Waals surface area contributed by atoms with Crippen molar-refractivity contribution in [3.05, 3.63) is 59.9 Å². The Hall–Kier alpha value is -2.17. The maximum atomic E-state index is 6.15. The minimum absolute atomic E-state index is 0.315. The van der Waals surface area contributed by atoms with Gasteiger partial charge in [-0.2, -0.15) is 0 Å². The average molecular weight is 353 g/mol. The van der Waals surface area contributed by atoms with Gasteiger partial charge in [0.1, 0.15) is 5.82 Å². The SMILES string of the molecule is NC1CCC(N(c2ccccn2)c2ccnc3cc(Cl)ccc23)CC1. The van der Waals surface area contributed by atoms with Crippen molar-refractivity contribution >= 4 is 34.0 Å². The lowest BCUT2D eigenvalue weighted by atomic mass is 9.90. The average Bonchev–Trinajstić information content (AvgIpc) is 2.64. The third-order valence-corrected chi connectivity index (χ3v) is 5.18. The van der Waals surface area contributed by atoms with Crippen molar-refractivity contribution in [2.24, 2.45) is 5.73 Å². The predicted molar refractivity (Wildman–Crippen MR) is 103 cm³/mol. The Balaban J connectivity index is 1.84. The summed E-state index contributed by atoms with van der Waals surface area (Å²) < 4.78 is 0. The van der Waals surface area contributed by atoms with Crippen LogP contribution in [-0.2, 0) is 0 Å². The molecule has 2 aromatic heterocycles. The van der Waals surface area contributed by atoms with Crippen LogP contribution in [0.2, 0.25) is 5.02 Å². The first-order valence-corrected chi connectivity index (χ1v) is 9.10. The maximum Gasteiger partial charge on any atom is 0.133 e. The molecule has 0 amide bonds. The molecule has 3 aromatic rings. The second-order valence-electron chi connectivity index (χ2n) is 6.62. The van der Waals surface area contributed by atoms with Crippen LogP contribution in [0.5, 0.6) is 0 Å². The number of aromatic nitrogens is 2. The Morgan fingerprint density at radius 2 is 1.80 bits per heavy atom. The van der Waals surface area contributed by atoms with E-state index >= 15 is 0 Å². The number of nitrogens with zero attached hydrogens (tertiary/aromatic N) is 3. The van der Waals surface area contributed by atoms with Gasteiger partial charge in [0.25, 0.3) is 0 Å². The van der Waals surface area contributed by atoms with Crippen LogP contribution in [0.1, 0.15) is 25.7 Å². The van der Waals surface area contributed by atoms with Gasteiger partial charge in [-0.25, -0.2) is 4.98 Å². The summed E-state index contributed by atoms with van der Waals surface area (Å²) >= 11 is 6.15. The van der Waals surface area contributed by atoms with Crippen molar-refractivity contribution in [1.29, 1.82) is 0 Å². The highest BCUT2D eigenvalue weighted by Gasteiger charge is 2.27. The first-order chi connectivity index (χ1) is 12.2. The van der Waals surface area contributed by atoms with Crippen molar-refractivity contribution in [3.8, 4) is 0 Å². The van der Waals surface area contributed by atoms with Crippen LogP contribution in [-0.4, -0.2) is 22.1 Å². The van der Waals surface area contributed by atoms with Crippen molar-refractivity contribution in [1.82, 2.24) is 9.97 Å². The molecule has 0 unspecified atom stereocenters. The fraction of sp³-hybridized carbons (Fsp3) is 0.300. The van der Waals surface area contributed by atoms with Gasteiger partial charge in [-0.15, -0.1) is 0 Å². The molecule has 4 rings (SSSR count). The van der Waals surface area contributed by atoms with Crippen molar-refractivity contribution < 1.29 is 0 Å². The van der Waals surface area contributed by atoms with E-state index in [-0.39, 0.29) is 0 Å². The molecule has 4 nitrogen and oxygen atoms in total. The van der Waals surface area contributed by atoms with Gasteiger partial charge < -0.3 is 10.6 Å². The highest BCUT2D eigenvalue weighted by molar-refractivity contribution is 6.31. The summed E-state index contributed by atoms with van der Waals surface area (Å²) in [4.78, 5) is 11.5. The minimum Gasteiger partial charge on any atom is -0.328 e. The Morgan fingerprint density at radius 1 is 0.960 bits per heavy atom. The van der Waals surface area contributed by atoms with Gasteiger partial charge in [0.15, 0.2) is 0 Å². The van der Waals surface area contributed by atoms with Crippen LogP contribution in [0.3, 0.4) is 0 Å². The molecule has 5 heteroatoms. The third-order valence-electron chi connectivity index (χ3n) is 4.94. The van der Waals surface area contributed by atoms with E-state index < -0.39 is 0 Å². The smallest absolute Gasteiger partial charge is 0.133 e. The molecule has 0 saturated heterocycles. The second kappa shape index (κ2) is 6.98.